The van der Waals surface area contributed by atoms with Gasteiger partial charge in [-0.25, -0.2) is 0 Å². The van der Waals surface area contributed by atoms with E-state index in [0.29, 0.717) is 12.5 Å². The molecule has 182 valence electrons. The summed E-state index contributed by atoms with van der Waals surface area (Å²) in [6.07, 6.45) is 6.11. The van der Waals surface area contributed by atoms with Crippen LogP contribution in [-0.2, 0) is 25.8 Å². The molecule has 3 aromatic carbocycles. The maximum absolute atomic E-state index is 12.7. The van der Waals surface area contributed by atoms with E-state index in [1.165, 1.54) is 19.3 Å². The number of aryl methyl sites for hydroxylation is 2. The highest BCUT2D eigenvalue weighted by atomic mass is 16.5. The fraction of sp³-hybridized carbons (Fsp3) is 0.323. The molecule has 35 heavy (non-hydrogen) atoms. The maximum Gasteiger partial charge on any atom is 0.169 e. The van der Waals surface area contributed by atoms with Gasteiger partial charge in [-0.1, -0.05) is 73.7 Å². The van der Waals surface area contributed by atoms with Crippen molar-refractivity contribution in [3.8, 4) is 5.75 Å². The van der Waals surface area contributed by atoms with Crippen molar-refractivity contribution in [2.24, 2.45) is 0 Å². The van der Waals surface area contributed by atoms with Crippen molar-refractivity contribution in [1.82, 2.24) is 9.88 Å². The van der Waals surface area contributed by atoms with E-state index in [-0.39, 0.29) is 5.78 Å². The normalized spacial score (nSPS) is 14.7. The molecule has 1 atom stereocenters. The van der Waals surface area contributed by atoms with Crippen molar-refractivity contribution in [1.29, 1.82) is 0 Å². The Bertz CT molecular complexity index is 1260. The van der Waals surface area contributed by atoms with Gasteiger partial charge in [-0.05, 0) is 55.5 Å². The van der Waals surface area contributed by atoms with Crippen LogP contribution in [0.2, 0.25) is 0 Å². The summed E-state index contributed by atoms with van der Waals surface area (Å²) >= 11 is 0. The number of methoxy groups -OCH3 is 1. The van der Waals surface area contributed by atoms with E-state index in [0.717, 1.165) is 40.9 Å². The molecule has 1 N–H and O–H groups in total. The molecule has 1 aliphatic carbocycles. The van der Waals surface area contributed by atoms with E-state index in [4.69, 9.17) is 4.74 Å². The Morgan fingerprint density at radius 2 is 1.71 bits per heavy atom. The average molecular weight is 469 g/mol. The molecule has 1 aliphatic rings. The standard InChI is InChI=1S/C19H19NO2.C12H17N/c1-3-20-13-16(15-10-7-11-18(22-2)19(15)20)17(21)12-14-8-5-4-6-9-14;1-2-13-12-8-7-10-5-3-4-6-11(10)9-12/h4-11,13H,3,12H2,1-2H3;3-6,12-13H,2,7-9H2,1H3. The Labute approximate surface area is 208 Å². The van der Waals surface area contributed by atoms with E-state index in [1.807, 2.05) is 54.7 Å². The molecule has 1 heterocycles. The van der Waals surface area contributed by atoms with Crippen LogP contribution in [0.5, 0.6) is 5.75 Å². The molecule has 1 unspecified atom stereocenters. The van der Waals surface area contributed by atoms with Crippen molar-refractivity contribution < 1.29 is 9.53 Å². The molecule has 0 saturated carbocycles. The third-order valence-electron chi connectivity index (χ3n) is 6.77. The second-order valence-electron chi connectivity index (χ2n) is 9.04. The minimum Gasteiger partial charge on any atom is -0.495 e. The summed E-state index contributed by atoms with van der Waals surface area (Å²) in [4.78, 5) is 12.7. The van der Waals surface area contributed by atoms with Gasteiger partial charge in [-0.15, -0.1) is 0 Å². The average Bonchev–Trinajstić information content (AvgIpc) is 3.29. The molecular weight excluding hydrogens is 432 g/mol. The van der Waals surface area contributed by atoms with Crippen LogP contribution in [0.1, 0.15) is 47.3 Å². The van der Waals surface area contributed by atoms with E-state index < -0.39 is 0 Å². The molecule has 0 bridgehead atoms. The summed E-state index contributed by atoms with van der Waals surface area (Å²) in [5.41, 5.74) is 5.88. The number of aromatic nitrogens is 1. The molecule has 0 fully saturated rings. The zero-order valence-corrected chi connectivity index (χ0v) is 21.1. The number of carbonyl (C=O) groups excluding carboxylic acids is 1. The Morgan fingerprint density at radius 3 is 2.43 bits per heavy atom. The molecule has 0 spiro atoms. The molecule has 5 rings (SSSR count). The van der Waals surface area contributed by atoms with Crippen LogP contribution in [0.25, 0.3) is 10.9 Å². The van der Waals surface area contributed by atoms with Crippen LogP contribution in [-0.4, -0.2) is 30.0 Å². The molecule has 0 radical (unpaired) electrons. The van der Waals surface area contributed by atoms with Gasteiger partial charge in [-0.2, -0.15) is 0 Å². The quantitative estimate of drug-likeness (QED) is 0.326. The molecule has 0 aliphatic heterocycles. The van der Waals surface area contributed by atoms with Crippen molar-refractivity contribution in [2.75, 3.05) is 13.7 Å². The number of ketones is 1. The predicted octanol–water partition coefficient (Wildman–Crippen LogP) is 6.25. The topological polar surface area (TPSA) is 43.3 Å². The van der Waals surface area contributed by atoms with Gasteiger partial charge in [0, 0.05) is 36.2 Å². The van der Waals surface area contributed by atoms with E-state index in [9.17, 15) is 4.79 Å². The largest absolute Gasteiger partial charge is 0.495 e. The van der Waals surface area contributed by atoms with Gasteiger partial charge in [-0.3, -0.25) is 4.79 Å². The van der Waals surface area contributed by atoms with Crippen LogP contribution in [0.15, 0.2) is 79.0 Å². The molecule has 0 amide bonds. The number of Topliss-reactive ketones (excluding diaryl/α,β-unsaturated/α-hetero) is 1. The number of nitrogens with one attached hydrogen (secondary N) is 1. The number of nitrogens with zero attached hydrogens (tertiary/aromatic N) is 1. The number of likely N-dealkylation sites (N-methyl/N-ethyl adjacent to an activating group) is 1. The summed E-state index contributed by atoms with van der Waals surface area (Å²) in [6, 6.07) is 25.2. The fourth-order valence-corrected chi connectivity index (χ4v) is 5.00. The SMILES string of the molecule is CCNC1CCc2ccccc2C1.CCn1cc(C(=O)Cc2ccccc2)c2cccc(OC)c21. The minimum atomic E-state index is 0.136. The van der Waals surface area contributed by atoms with Crippen LogP contribution < -0.4 is 10.1 Å². The zero-order chi connectivity index (χ0) is 24.6. The van der Waals surface area contributed by atoms with E-state index >= 15 is 0 Å². The van der Waals surface area contributed by atoms with Gasteiger partial charge < -0.3 is 14.6 Å². The molecule has 4 nitrogen and oxygen atoms in total. The lowest BCUT2D eigenvalue weighted by Crippen LogP contribution is -2.34. The predicted molar refractivity (Wildman–Crippen MR) is 145 cm³/mol. The summed E-state index contributed by atoms with van der Waals surface area (Å²) in [5.74, 6) is 0.940. The second kappa shape index (κ2) is 11.9. The van der Waals surface area contributed by atoms with Crippen molar-refractivity contribution in [3.63, 3.8) is 0 Å². The monoisotopic (exact) mass is 468 g/mol. The van der Waals surface area contributed by atoms with Crippen molar-refractivity contribution >= 4 is 16.7 Å². The molecule has 0 saturated heterocycles. The first-order valence-electron chi connectivity index (χ1n) is 12.7. The van der Waals surface area contributed by atoms with Crippen LogP contribution in [0, 0.1) is 0 Å². The van der Waals surface area contributed by atoms with Crippen LogP contribution >= 0.6 is 0 Å². The zero-order valence-electron chi connectivity index (χ0n) is 21.1. The highest BCUT2D eigenvalue weighted by Crippen LogP contribution is 2.30. The van der Waals surface area contributed by atoms with Gasteiger partial charge in [0.1, 0.15) is 5.75 Å². The molecule has 4 aromatic rings. The summed E-state index contributed by atoms with van der Waals surface area (Å²) in [5, 5.41) is 4.49. The number of rotatable bonds is 7. The van der Waals surface area contributed by atoms with Gasteiger partial charge >= 0.3 is 0 Å². The lowest BCUT2D eigenvalue weighted by atomic mass is 9.88. The number of fused-ring (bicyclic) bond motifs is 2. The molecular formula is C31H36N2O2. The van der Waals surface area contributed by atoms with Crippen LogP contribution in [0.4, 0.5) is 0 Å². The molecule has 4 heteroatoms. The number of hydrogen-bond donors (Lipinski definition) is 1. The van der Waals surface area contributed by atoms with Gasteiger partial charge in [0.2, 0.25) is 0 Å². The lowest BCUT2D eigenvalue weighted by molar-refractivity contribution is 0.0994. The second-order valence-corrected chi connectivity index (χ2v) is 9.04. The van der Waals surface area contributed by atoms with Crippen molar-refractivity contribution in [2.45, 2.75) is 52.1 Å². The lowest BCUT2D eigenvalue weighted by Gasteiger charge is -2.24. The summed E-state index contributed by atoms with van der Waals surface area (Å²) in [7, 11) is 1.66. The Hall–Kier alpha value is -3.37. The summed E-state index contributed by atoms with van der Waals surface area (Å²) in [6.45, 7) is 6.14. The minimum absolute atomic E-state index is 0.136. The van der Waals surface area contributed by atoms with Crippen LogP contribution in [0.3, 0.4) is 0 Å². The Morgan fingerprint density at radius 1 is 0.971 bits per heavy atom. The number of hydrogen-bond acceptors (Lipinski definition) is 3. The summed E-state index contributed by atoms with van der Waals surface area (Å²) < 4.78 is 7.52. The number of carbonyl (C=O) groups is 1. The highest BCUT2D eigenvalue weighted by Gasteiger charge is 2.18. The van der Waals surface area contributed by atoms with Crippen molar-refractivity contribution in [3.05, 3.63) is 101 Å². The highest BCUT2D eigenvalue weighted by molar-refractivity contribution is 6.10. The van der Waals surface area contributed by atoms with Gasteiger partial charge in [0.25, 0.3) is 0 Å². The number of benzene rings is 3. The first-order valence-corrected chi connectivity index (χ1v) is 12.7. The smallest absolute Gasteiger partial charge is 0.169 e. The molecule has 1 aromatic heterocycles. The first kappa shape index (κ1) is 24.7. The van der Waals surface area contributed by atoms with Gasteiger partial charge in [0.05, 0.1) is 12.6 Å². The van der Waals surface area contributed by atoms with E-state index in [1.54, 1.807) is 18.2 Å². The Balaban J connectivity index is 0.000000189. The van der Waals surface area contributed by atoms with E-state index in [2.05, 4.69) is 48.0 Å². The number of para-hydroxylation sites is 1. The van der Waals surface area contributed by atoms with Gasteiger partial charge in [0.15, 0.2) is 5.78 Å². The fourth-order valence-electron chi connectivity index (χ4n) is 5.00. The Kier molecular flexibility index (Phi) is 8.38. The first-order chi connectivity index (χ1) is 17.1. The third-order valence-corrected chi connectivity index (χ3v) is 6.77. The number of ether oxygens (including phenoxy) is 1. The third kappa shape index (κ3) is 5.83. The maximum atomic E-state index is 12.7.